The van der Waals surface area contributed by atoms with Gasteiger partial charge in [-0.15, -0.1) is 0 Å². The number of hydrogen-bond donors (Lipinski definition) is 2. The predicted molar refractivity (Wildman–Crippen MR) is 84.6 cm³/mol. The number of halogens is 4. The van der Waals surface area contributed by atoms with Gasteiger partial charge in [0.05, 0.1) is 11.3 Å². The van der Waals surface area contributed by atoms with E-state index in [9.17, 15) is 22.4 Å². The molecule has 1 aromatic carbocycles. The zero-order valence-electron chi connectivity index (χ0n) is 13.6. The number of hydrogen-bond acceptors (Lipinski definition) is 3. The summed E-state index contributed by atoms with van der Waals surface area (Å²) in [5, 5.41) is 2.10. The first-order valence-electron chi connectivity index (χ1n) is 6.93. The molecule has 0 aromatic heterocycles. The lowest BCUT2D eigenvalue weighted by Crippen LogP contribution is -2.22. The number of carbonyl (C=O) groups excluding carboxylic acids is 1. The highest BCUT2D eigenvalue weighted by molar-refractivity contribution is 7.98. The summed E-state index contributed by atoms with van der Waals surface area (Å²) in [4.78, 5) is 11.1. The van der Waals surface area contributed by atoms with E-state index >= 15 is 0 Å². The van der Waals surface area contributed by atoms with Crippen LogP contribution in [0.15, 0.2) is 12.1 Å². The molecular formula is C15H20F4N2OS. The molecule has 3 nitrogen and oxygen atoms in total. The quantitative estimate of drug-likeness (QED) is 0.598. The number of rotatable bonds is 4. The molecule has 0 spiro atoms. The van der Waals surface area contributed by atoms with Gasteiger partial charge in [-0.05, 0) is 39.8 Å². The molecule has 8 heteroatoms. The van der Waals surface area contributed by atoms with Gasteiger partial charge in [-0.2, -0.15) is 13.2 Å². The highest BCUT2D eigenvalue weighted by Gasteiger charge is 2.33. The van der Waals surface area contributed by atoms with Crippen LogP contribution in [0.4, 0.5) is 23.2 Å². The lowest BCUT2D eigenvalue weighted by Gasteiger charge is -2.23. The maximum Gasteiger partial charge on any atom is 0.416 e. The monoisotopic (exact) mass is 352 g/mol. The Hall–Kier alpha value is -1.28. The van der Waals surface area contributed by atoms with Crippen LogP contribution >= 0.6 is 11.9 Å². The van der Waals surface area contributed by atoms with E-state index < -0.39 is 35.2 Å². The van der Waals surface area contributed by atoms with Gasteiger partial charge in [-0.1, -0.05) is 11.9 Å². The molecule has 0 aliphatic heterocycles. The highest BCUT2D eigenvalue weighted by atomic mass is 32.2. The summed E-state index contributed by atoms with van der Waals surface area (Å²) in [5.74, 6) is -1.51. The molecule has 0 saturated carbocycles. The second-order valence-corrected chi connectivity index (χ2v) is 7.82. The van der Waals surface area contributed by atoms with Crippen molar-refractivity contribution in [3.63, 3.8) is 0 Å². The van der Waals surface area contributed by atoms with Crippen molar-refractivity contribution in [2.75, 3.05) is 5.32 Å². The van der Waals surface area contributed by atoms with E-state index in [2.05, 4.69) is 10.0 Å². The number of benzene rings is 1. The molecule has 0 heterocycles. The molecule has 0 fully saturated rings. The van der Waals surface area contributed by atoms with Crippen molar-refractivity contribution < 1.29 is 22.4 Å². The molecule has 0 bridgehead atoms. The van der Waals surface area contributed by atoms with Gasteiger partial charge >= 0.3 is 6.18 Å². The van der Waals surface area contributed by atoms with Crippen LogP contribution in [0.2, 0.25) is 0 Å². The molecule has 1 aromatic rings. The normalized spacial score (nSPS) is 13.8. The Balaban J connectivity index is 3.25. The summed E-state index contributed by atoms with van der Waals surface area (Å²) >= 11 is 1.29. The summed E-state index contributed by atoms with van der Waals surface area (Å²) in [5.41, 5.74) is -1.64. The number of carbonyl (C=O) groups is 1. The predicted octanol–water partition coefficient (Wildman–Crippen LogP) is 4.90. The average molecular weight is 352 g/mol. The average Bonchev–Trinajstić information content (AvgIpc) is 2.35. The van der Waals surface area contributed by atoms with Crippen molar-refractivity contribution in [2.45, 2.75) is 51.6 Å². The van der Waals surface area contributed by atoms with Crippen molar-refractivity contribution in [1.29, 1.82) is 0 Å². The van der Waals surface area contributed by atoms with E-state index in [0.717, 1.165) is 13.0 Å². The van der Waals surface area contributed by atoms with Crippen LogP contribution in [0, 0.1) is 5.82 Å². The third kappa shape index (κ3) is 6.02. The fourth-order valence-electron chi connectivity index (χ4n) is 1.73. The molecule has 1 atom stereocenters. The Labute approximate surface area is 137 Å². The van der Waals surface area contributed by atoms with Gasteiger partial charge in [0.2, 0.25) is 5.91 Å². The van der Waals surface area contributed by atoms with Gasteiger partial charge in [0, 0.05) is 23.3 Å². The second kappa shape index (κ2) is 7.09. The topological polar surface area (TPSA) is 41.1 Å². The second-order valence-electron chi connectivity index (χ2n) is 6.16. The Kier molecular flexibility index (Phi) is 6.09. The molecule has 23 heavy (non-hydrogen) atoms. The fourth-order valence-corrected chi connectivity index (χ4v) is 2.39. The van der Waals surface area contributed by atoms with E-state index in [1.54, 1.807) is 6.92 Å². The summed E-state index contributed by atoms with van der Waals surface area (Å²) in [6.07, 6.45) is -4.63. The minimum atomic E-state index is -4.63. The summed E-state index contributed by atoms with van der Waals surface area (Å²) in [6.45, 7) is 8.43. The maximum absolute atomic E-state index is 14.4. The highest BCUT2D eigenvalue weighted by Crippen LogP contribution is 2.36. The third-order valence-electron chi connectivity index (χ3n) is 2.75. The molecule has 1 rings (SSSR count). The molecule has 1 amide bonds. The SMILES string of the molecule is CC(=O)Nc1cc(C(F)(F)F)cc([C@@H](C)NSC(C)(C)C)c1F. The van der Waals surface area contributed by atoms with Crippen molar-refractivity contribution in [3.05, 3.63) is 29.1 Å². The summed E-state index contributed by atoms with van der Waals surface area (Å²) in [6, 6.07) is 0.694. The largest absolute Gasteiger partial charge is 0.416 e. The molecule has 0 radical (unpaired) electrons. The van der Waals surface area contributed by atoms with Crippen LogP contribution < -0.4 is 10.0 Å². The van der Waals surface area contributed by atoms with Crippen LogP contribution in [-0.2, 0) is 11.0 Å². The van der Waals surface area contributed by atoms with Crippen molar-refractivity contribution in [3.8, 4) is 0 Å². The van der Waals surface area contributed by atoms with E-state index in [1.807, 2.05) is 20.8 Å². The van der Waals surface area contributed by atoms with Gasteiger partial charge in [0.15, 0.2) is 5.82 Å². The van der Waals surface area contributed by atoms with Crippen LogP contribution in [0.25, 0.3) is 0 Å². The lowest BCUT2D eigenvalue weighted by molar-refractivity contribution is -0.137. The molecule has 0 saturated heterocycles. The number of anilines is 1. The lowest BCUT2D eigenvalue weighted by atomic mass is 10.0. The van der Waals surface area contributed by atoms with Crippen molar-refractivity contribution >= 4 is 23.5 Å². The van der Waals surface area contributed by atoms with Gasteiger partial charge < -0.3 is 5.32 Å². The van der Waals surface area contributed by atoms with Gasteiger partial charge in [-0.3, -0.25) is 9.52 Å². The van der Waals surface area contributed by atoms with Crippen molar-refractivity contribution in [2.24, 2.45) is 0 Å². The van der Waals surface area contributed by atoms with E-state index in [1.165, 1.54) is 11.9 Å². The molecule has 2 N–H and O–H groups in total. The van der Waals surface area contributed by atoms with E-state index in [0.29, 0.717) is 6.07 Å². The zero-order valence-corrected chi connectivity index (χ0v) is 14.4. The molecular weight excluding hydrogens is 332 g/mol. The molecule has 130 valence electrons. The van der Waals surface area contributed by atoms with Gasteiger partial charge in [-0.25, -0.2) is 4.39 Å². The van der Waals surface area contributed by atoms with Gasteiger partial charge in [0.1, 0.15) is 0 Å². The smallest absolute Gasteiger partial charge is 0.324 e. The Morgan fingerprint density at radius 3 is 2.22 bits per heavy atom. The first kappa shape index (κ1) is 19.8. The standard InChI is InChI=1S/C15H20F4N2OS/c1-8(21-23-14(3,4)5)11-6-10(15(17,18)19)7-12(13(11)16)20-9(2)22/h6-8,21H,1-5H3,(H,20,22)/t8-/m1/s1. The third-order valence-corrected chi connectivity index (χ3v) is 3.83. The molecule has 0 aliphatic carbocycles. The summed E-state index contributed by atoms with van der Waals surface area (Å²) in [7, 11) is 0. The molecule has 0 unspecified atom stereocenters. The van der Waals surface area contributed by atoms with Crippen LogP contribution in [-0.4, -0.2) is 10.7 Å². The van der Waals surface area contributed by atoms with Crippen molar-refractivity contribution in [1.82, 2.24) is 4.72 Å². The Bertz CT molecular complexity index is 582. The van der Waals surface area contributed by atoms with Crippen LogP contribution in [0.3, 0.4) is 0 Å². The maximum atomic E-state index is 14.4. The zero-order chi connectivity index (χ0) is 18.0. The minimum absolute atomic E-state index is 0.152. The van der Waals surface area contributed by atoms with Crippen LogP contribution in [0.1, 0.15) is 51.8 Å². The number of alkyl halides is 3. The van der Waals surface area contributed by atoms with Crippen LogP contribution in [0.5, 0.6) is 0 Å². The van der Waals surface area contributed by atoms with Gasteiger partial charge in [0.25, 0.3) is 0 Å². The van der Waals surface area contributed by atoms with E-state index in [4.69, 9.17) is 0 Å². The first-order valence-corrected chi connectivity index (χ1v) is 7.74. The van der Waals surface area contributed by atoms with E-state index in [-0.39, 0.29) is 10.3 Å². The summed E-state index contributed by atoms with van der Waals surface area (Å²) < 4.78 is 56.2. The first-order chi connectivity index (χ1) is 10.3. The Morgan fingerprint density at radius 1 is 1.22 bits per heavy atom. The Morgan fingerprint density at radius 2 is 1.78 bits per heavy atom. The molecule has 0 aliphatic rings. The minimum Gasteiger partial charge on any atom is -0.324 e. The number of amides is 1. The fraction of sp³-hybridized carbons (Fsp3) is 0.533. The number of nitrogens with one attached hydrogen (secondary N) is 2.